The second-order valence-electron chi connectivity index (χ2n) is 6.14. The Morgan fingerprint density at radius 2 is 1.72 bits per heavy atom. The van der Waals surface area contributed by atoms with Gasteiger partial charge in [0.05, 0.1) is 5.69 Å². The van der Waals surface area contributed by atoms with E-state index in [1.807, 2.05) is 32.4 Å². The molecule has 0 aliphatic heterocycles. The van der Waals surface area contributed by atoms with Gasteiger partial charge in [-0.3, -0.25) is 14.9 Å². The number of hydrogen-bond donors (Lipinski definition) is 1. The maximum Gasteiger partial charge on any atom is 0.0564 e. The Kier molecular flexibility index (Phi) is 10.1. The predicted molar refractivity (Wildman–Crippen MR) is 107 cm³/mol. The number of halogens is 1. The number of pyridine rings is 2. The molecule has 5 nitrogen and oxygen atoms in total. The van der Waals surface area contributed by atoms with E-state index in [2.05, 4.69) is 39.8 Å². The van der Waals surface area contributed by atoms with E-state index in [-0.39, 0.29) is 0 Å². The fourth-order valence-electron chi connectivity index (χ4n) is 2.25. The Balaban J connectivity index is 0.000000271. The van der Waals surface area contributed by atoms with Crippen LogP contribution in [0.5, 0.6) is 0 Å². The van der Waals surface area contributed by atoms with Gasteiger partial charge in [0.2, 0.25) is 0 Å². The number of hydrogen-bond acceptors (Lipinski definition) is 5. The van der Waals surface area contributed by atoms with Crippen molar-refractivity contribution in [2.24, 2.45) is 5.73 Å². The van der Waals surface area contributed by atoms with Gasteiger partial charge in [-0.1, -0.05) is 24.9 Å². The van der Waals surface area contributed by atoms with Crippen molar-refractivity contribution in [3.8, 4) is 0 Å². The van der Waals surface area contributed by atoms with Crippen LogP contribution in [0, 0.1) is 0 Å². The fraction of sp³-hybridized carbons (Fsp3) is 0.474. The Morgan fingerprint density at radius 1 is 1.04 bits per heavy atom. The van der Waals surface area contributed by atoms with Gasteiger partial charge >= 0.3 is 0 Å². The summed E-state index contributed by atoms with van der Waals surface area (Å²) in [5.74, 6) is 0. The molecule has 25 heavy (non-hydrogen) atoms. The van der Waals surface area contributed by atoms with E-state index in [1.54, 1.807) is 12.3 Å². The van der Waals surface area contributed by atoms with Crippen molar-refractivity contribution < 1.29 is 0 Å². The summed E-state index contributed by atoms with van der Waals surface area (Å²) >= 11 is 5.74. The normalized spacial score (nSPS) is 10.4. The minimum atomic E-state index is 0.684. The molecule has 0 saturated carbocycles. The van der Waals surface area contributed by atoms with Crippen LogP contribution >= 0.6 is 11.6 Å². The predicted octanol–water partition coefficient (Wildman–Crippen LogP) is 3.23. The van der Waals surface area contributed by atoms with Gasteiger partial charge in [-0.25, -0.2) is 0 Å². The Bertz CT molecular complexity index is 618. The SMILES string of the molecule is CCCc1cc(Cl)ccn1.CN(CCN)Cc1cc(N(C)C)ccn1. The van der Waals surface area contributed by atoms with E-state index < -0.39 is 0 Å². The lowest BCUT2D eigenvalue weighted by molar-refractivity contribution is 0.332. The largest absolute Gasteiger partial charge is 0.378 e. The van der Waals surface area contributed by atoms with Gasteiger partial charge in [0.15, 0.2) is 0 Å². The molecule has 0 spiro atoms. The molecule has 0 amide bonds. The minimum Gasteiger partial charge on any atom is -0.378 e. The molecule has 0 fully saturated rings. The Morgan fingerprint density at radius 3 is 2.32 bits per heavy atom. The molecule has 2 rings (SSSR count). The molecule has 0 aliphatic rings. The Labute approximate surface area is 156 Å². The lowest BCUT2D eigenvalue weighted by Crippen LogP contribution is -2.25. The van der Waals surface area contributed by atoms with Crippen LogP contribution in [-0.2, 0) is 13.0 Å². The van der Waals surface area contributed by atoms with Crippen molar-refractivity contribution in [2.75, 3.05) is 39.1 Å². The van der Waals surface area contributed by atoms with Gasteiger partial charge in [-0.15, -0.1) is 0 Å². The summed E-state index contributed by atoms with van der Waals surface area (Å²) < 4.78 is 0. The second-order valence-corrected chi connectivity index (χ2v) is 6.58. The van der Waals surface area contributed by atoms with Crippen LogP contribution in [0.1, 0.15) is 24.7 Å². The molecule has 0 aromatic carbocycles. The first-order chi connectivity index (χ1) is 12.0. The van der Waals surface area contributed by atoms with Crippen molar-refractivity contribution in [3.05, 3.63) is 53.1 Å². The van der Waals surface area contributed by atoms with E-state index in [0.29, 0.717) is 6.54 Å². The van der Waals surface area contributed by atoms with Crippen LogP contribution in [0.4, 0.5) is 5.69 Å². The summed E-state index contributed by atoms with van der Waals surface area (Å²) in [6.45, 7) is 4.55. The quantitative estimate of drug-likeness (QED) is 0.818. The molecular formula is C19H30ClN5. The van der Waals surface area contributed by atoms with Crippen molar-refractivity contribution >= 4 is 17.3 Å². The third-order valence-electron chi connectivity index (χ3n) is 3.54. The molecule has 2 heterocycles. The van der Waals surface area contributed by atoms with Crippen molar-refractivity contribution in [1.29, 1.82) is 0 Å². The molecule has 0 bridgehead atoms. The standard InChI is InChI=1S/C11H20N4.C8H10ClN/c1-14(2)11-4-6-13-10(8-11)9-15(3)7-5-12;1-2-3-8-6-7(9)4-5-10-8/h4,6,8H,5,7,9,12H2,1-3H3;4-6H,2-3H2,1H3. The zero-order valence-electron chi connectivity index (χ0n) is 15.7. The van der Waals surface area contributed by atoms with Gasteiger partial charge < -0.3 is 10.6 Å². The number of nitrogens with two attached hydrogens (primary N) is 1. The molecule has 0 saturated heterocycles. The monoisotopic (exact) mass is 363 g/mol. The van der Waals surface area contributed by atoms with Crippen LogP contribution in [-0.4, -0.2) is 49.1 Å². The molecule has 2 aromatic heterocycles. The molecule has 0 atom stereocenters. The smallest absolute Gasteiger partial charge is 0.0564 e. The molecule has 0 unspecified atom stereocenters. The van der Waals surface area contributed by atoms with Crippen LogP contribution < -0.4 is 10.6 Å². The molecule has 2 N–H and O–H groups in total. The molecule has 138 valence electrons. The van der Waals surface area contributed by atoms with Gasteiger partial charge in [0.1, 0.15) is 0 Å². The molecule has 6 heteroatoms. The number of anilines is 1. The van der Waals surface area contributed by atoms with Crippen molar-refractivity contribution in [2.45, 2.75) is 26.3 Å². The van der Waals surface area contributed by atoms with E-state index in [9.17, 15) is 0 Å². The third kappa shape index (κ3) is 8.82. The highest BCUT2D eigenvalue weighted by molar-refractivity contribution is 6.30. The van der Waals surface area contributed by atoms with E-state index >= 15 is 0 Å². The number of rotatable bonds is 7. The van der Waals surface area contributed by atoms with Gasteiger partial charge in [0.25, 0.3) is 0 Å². The molecule has 2 aromatic rings. The van der Waals surface area contributed by atoms with Crippen LogP contribution in [0.15, 0.2) is 36.7 Å². The topological polar surface area (TPSA) is 58.3 Å². The van der Waals surface area contributed by atoms with E-state index in [0.717, 1.165) is 42.3 Å². The third-order valence-corrected chi connectivity index (χ3v) is 3.78. The summed E-state index contributed by atoms with van der Waals surface area (Å²) in [7, 11) is 6.11. The zero-order valence-corrected chi connectivity index (χ0v) is 16.5. The first kappa shape index (κ1) is 21.4. The number of aromatic nitrogens is 2. The van der Waals surface area contributed by atoms with Crippen molar-refractivity contribution in [1.82, 2.24) is 14.9 Å². The van der Waals surface area contributed by atoms with E-state index in [4.69, 9.17) is 17.3 Å². The molecule has 0 radical (unpaired) electrons. The van der Waals surface area contributed by atoms with Crippen LogP contribution in [0.2, 0.25) is 5.02 Å². The Hall–Kier alpha value is -1.69. The lowest BCUT2D eigenvalue weighted by atomic mass is 10.2. The highest BCUT2D eigenvalue weighted by Gasteiger charge is 2.02. The average Bonchev–Trinajstić information content (AvgIpc) is 2.56. The first-order valence-electron chi connectivity index (χ1n) is 8.57. The van der Waals surface area contributed by atoms with E-state index in [1.165, 1.54) is 5.69 Å². The lowest BCUT2D eigenvalue weighted by Gasteiger charge is -2.17. The average molecular weight is 364 g/mol. The van der Waals surface area contributed by atoms with Crippen LogP contribution in [0.25, 0.3) is 0 Å². The van der Waals surface area contributed by atoms with Crippen molar-refractivity contribution in [3.63, 3.8) is 0 Å². The fourth-order valence-corrected chi connectivity index (χ4v) is 2.43. The highest BCUT2D eigenvalue weighted by Crippen LogP contribution is 2.12. The van der Waals surface area contributed by atoms with Crippen LogP contribution in [0.3, 0.4) is 0 Å². The van der Waals surface area contributed by atoms with Gasteiger partial charge in [-0.2, -0.15) is 0 Å². The summed E-state index contributed by atoms with van der Waals surface area (Å²) in [6, 6.07) is 7.81. The second kappa shape index (κ2) is 11.8. The number of likely N-dealkylation sites (N-methyl/N-ethyl adjacent to an activating group) is 1. The van der Waals surface area contributed by atoms with Gasteiger partial charge in [-0.05, 0) is 37.7 Å². The first-order valence-corrected chi connectivity index (χ1v) is 8.95. The van der Waals surface area contributed by atoms with Gasteiger partial charge in [0, 0.05) is 62.5 Å². The molecule has 0 aliphatic carbocycles. The summed E-state index contributed by atoms with van der Waals surface area (Å²) in [4.78, 5) is 12.7. The number of aryl methyl sites for hydroxylation is 1. The minimum absolute atomic E-state index is 0.684. The summed E-state index contributed by atoms with van der Waals surface area (Å²) in [6.07, 6.45) is 5.72. The maximum atomic E-state index is 5.74. The highest BCUT2D eigenvalue weighted by atomic mass is 35.5. The zero-order chi connectivity index (χ0) is 18.7. The number of nitrogens with zero attached hydrogens (tertiary/aromatic N) is 4. The maximum absolute atomic E-state index is 5.74. The summed E-state index contributed by atoms with van der Waals surface area (Å²) in [5, 5.41) is 0.776. The molecular weight excluding hydrogens is 334 g/mol. The summed E-state index contributed by atoms with van der Waals surface area (Å²) in [5.41, 5.74) is 8.83.